The third-order valence-electron chi connectivity index (χ3n) is 5.58. The molecule has 0 spiro atoms. The quantitative estimate of drug-likeness (QED) is 0.295. The van der Waals surface area contributed by atoms with E-state index in [0.717, 1.165) is 30.2 Å². The molecule has 3 N–H and O–H groups in total. The van der Waals surface area contributed by atoms with Gasteiger partial charge in [0.2, 0.25) is 0 Å². The van der Waals surface area contributed by atoms with Crippen molar-refractivity contribution >= 4 is 60.6 Å². The summed E-state index contributed by atoms with van der Waals surface area (Å²) in [5.41, 5.74) is 3.71. The first kappa shape index (κ1) is 24.5. The Labute approximate surface area is 210 Å². The maximum Gasteiger partial charge on any atom is 0.433 e. The predicted octanol–water partition coefficient (Wildman–Crippen LogP) is 5.59. The molecule has 0 bridgehead atoms. The predicted molar refractivity (Wildman–Crippen MR) is 123 cm³/mol. The summed E-state index contributed by atoms with van der Waals surface area (Å²) in [4.78, 5) is 33.3. The van der Waals surface area contributed by atoms with Crippen molar-refractivity contribution in [2.75, 3.05) is 5.32 Å². The molecule has 2 amide bonds. The van der Waals surface area contributed by atoms with E-state index in [0.29, 0.717) is 15.5 Å². The van der Waals surface area contributed by atoms with E-state index in [1.165, 1.54) is 13.0 Å². The molecule has 0 atom stereocenters. The number of alkyl halides is 5. The number of anilines is 1. The van der Waals surface area contributed by atoms with E-state index in [-0.39, 0.29) is 37.1 Å². The van der Waals surface area contributed by atoms with Crippen LogP contribution in [0, 0.1) is 6.92 Å². The van der Waals surface area contributed by atoms with Gasteiger partial charge in [-0.1, -0.05) is 0 Å². The van der Waals surface area contributed by atoms with Gasteiger partial charge in [0.15, 0.2) is 11.3 Å². The van der Waals surface area contributed by atoms with Crippen molar-refractivity contribution in [1.82, 2.24) is 19.6 Å². The molecule has 5 rings (SSSR count). The third-order valence-corrected chi connectivity index (χ3v) is 7.41. The second-order valence-electron chi connectivity index (χ2n) is 8.19. The first-order chi connectivity index (χ1) is 16.9. The lowest BCUT2D eigenvalue weighted by Gasteiger charge is -2.10. The van der Waals surface area contributed by atoms with Crippen LogP contribution in [0.4, 0.5) is 27.6 Å². The first-order valence-corrected chi connectivity index (χ1v) is 12.0. The number of aryl methyl sites for hydroxylation is 1. The van der Waals surface area contributed by atoms with Gasteiger partial charge < -0.3 is 11.1 Å². The van der Waals surface area contributed by atoms with Crippen molar-refractivity contribution in [2.24, 2.45) is 5.73 Å². The van der Waals surface area contributed by atoms with Gasteiger partial charge in [0.05, 0.1) is 10.2 Å². The molecule has 0 radical (unpaired) electrons. The van der Waals surface area contributed by atoms with E-state index < -0.39 is 41.5 Å². The van der Waals surface area contributed by atoms with Crippen LogP contribution in [-0.2, 0) is 6.18 Å². The minimum absolute atomic E-state index is 0.0492. The maximum atomic E-state index is 13.6. The molecule has 4 aromatic heterocycles. The lowest BCUT2D eigenvalue weighted by Crippen LogP contribution is -2.18. The molecule has 4 aromatic rings. The number of hydrogen-bond acceptors (Lipinski definition) is 6. The Bertz CT molecular complexity index is 1580. The highest BCUT2D eigenvalue weighted by atomic mass is 79.9. The number of halogens is 6. The molecular weight excluding hydrogens is 575 g/mol. The molecule has 15 heteroatoms. The van der Waals surface area contributed by atoms with Gasteiger partial charge in [0, 0.05) is 11.1 Å². The van der Waals surface area contributed by atoms with Gasteiger partial charge in [-0.2, -0.15) is 18.3 Å². The van der Waals surface area contributed by atoms with Crippen molar-refractivity contribution in [2.45, 2.75) is 38.3 Å². The molecule has 0 aromatic carbocycles. The Morgan fingerprint density at radius 1 is 1.25 bits per heavy atom. The third kappa shape index (κ3) is 4.09. The number of nitrogens with two attached hydrogens (primary N) is 1. The number of thiophene rings is 1. The van der Waals surface area contributed by atoms with E-state index in [2.05, 4.69) is 36.3 Å². The smallest absolute Gasteiger partial charge is 0.365 e. The first-order valence-electron chi connectivity index (χ1n) is 10.4. The highest BCUT2D eigenvalue weighted by Crippen LogP contribution is 2.48. The van der Waals surface area contributed by atoms with Crippen molar-refractivity contribution in [3.63, 3.8) is 0 Å². The molecule has 0 unspecified atom stereocenters. The molecule has 0 aliphatic heterocycles. The minimum Gasteiger partial charge on any atom is -0.365 e. The normalized spacial score (nSPS) is 14.2. The number of aromatic nitrogens is 4. The van der Waals surface area contributed by atoms with Crippen LogP contribution in [-0.4, -0.2) is 31.4 Å². The summed E-state index contributed by atoms with van der Waals surface area (Å²) in [6.07, 6.45) is -6.18. The van der Waals surface area contributed by atoms with Crippen molar-refractivity contribution < 1.29 is 31.5 Å². The number of carbonyl (C=O) groups is 2. The van der Waals surface area contributed by atoms with Crippen LogP contribution in [0.25, 0.3) is 15.9 Å². The van der Waals surface area contributed by atoms with Crippen molar-refractivity contribution in [3.05, 3.63) is 49.8 Å². The van der Waals surface area contributed by atoms with Crippen LogP contribution >= 0.6 is 27.3 Å². The highest BCUT2D eigenvalue weighted by Gasteiger charge is 2.37. The van der Waals surface area contributed by atoms with E-state index in [1.54, 1.807) is 0 Å². The summed E-state index contributed by atoms with van der Waals surface area (Å²) in [5, 5.41) is 6.61. The van der Waals surface area contributed by atoms with Crippen LogP contribution in [0.2, 0.25) is 0 Å². The summed E-state index contributed by atoms with van der Waals surface area (Å²) >= 11 is 3.85. The molecule has 0 saturated heterocycles. The van der Waals surface area contributed by atoms with Gasteiger partial charge in [0.1, 0.15) is 21.1 Å². The standard InChI is InChI=1S/C21H14BrF5N6O2S/c1-6-4-10(21(25,26)27)33-18(29-6)12(22)14(32-33)19(35)31-13-11-8(7-2-3-7)5-9(16(23)24)30-20(11)36-15(13)17(28)34/h4-5,7,16H,2-3H2,1H3,(H2,28,34)(H,31,35). The number of nitrogens with zero attached hydrogens (tertiary/aromatic N) is 4. The molecule has 188 valence electrons. The van der Waals surface area contributed by atoms with E-state index in [9.17, 15) is 31.5 Å². The Kier molecular flexibility index (Phi) is 5.74. The molecule has 1 aliphatic rings. The second-order valence-corrected chi connectivity index (χ2v) is 9.99. The maximum absolute atomic E-state index is 13.6. The topological polar surface area (TPSA) is 115 Å². The van der Waals surface area contributed by atoms with Gasteiger partial charge in [0.25, 0.3) is 18.2 Å². The Morgan fingerprint density at radius 2 is 1.94 bits per heavy atom. The molecule has 8 nitrogen and oxygen atoms in total. The van der Waals surface area contributed by atoms with E-state index in [1.807, 2.05) is 0 Å². The number of nitrogens with one attached hydrogen (secondary N) is 1. The largest absolute Gasteiger partial charge is 0.433 e. The highest BCUT2D eigenvalue weighted by molar-refractivity contribution is 9.10. The summed E-state index contributed by atoms with van der Waals surface area (Å²) < 4.78 is 67.9. The van der Waals surface area contributed by atoms with Crippen LogP contribution < -0.4 is 11.1 Å². The zero-order valence-electron chi connectivity index (χ0n) is 18.1. The molecule has 1 saturated carbocycles. The molecule has 1 aliphatic carbocycles. The Morgan fingerprint density at radius 3 is 2.53 bits per heavy atom. The van der Waals surface area contributed by atoms with Gasteiger partial charge in [-0.3, -0.25) is 9.59 Å². The van der Waals surface area contributed by atoms with Crippen LogP contribution in [0.1, 0.15) is 68.0 Å². The Balaban J connectivity index is 1.66. The average Bonchev–Trinajstić information content (AvgIpc) is 3.50. The number of amides is 2. The van der Waals surface area contributed by atoms with Gasteiger partial charge >= 0.3 is 6.18 Å². The van der Waals surface area contributed by atoms with Gasteiger partial charge in [-0.25, -0.2) is 23.3 Å². The summed E-state index contributed by atoms with van der Waals surface area (Å²) in [7, 11) is 0. The van der Waals surface area contributed by atoms with E-state index >= 15 is 0 Å². The number of rotatable bonds is 5. The number of fused-ring (bicyclic) bond motifs is 2. The lowest BCUT2D eigenvalue weighted by molar-refractivity contribution is -0.142. The molecule has 1 fully saturated rings. The fourth-order valence-corrected chi connectivity index (χ4v) is 5.44. The molecular formula is C21H14BrF5N6O2S. The van der Waals surface area contributed by atoms with Crippen molar-refractivity contribution in [3.8, 4) is 0 Å². The average molecular weight is 589 g/mol. The zero-order chi connectivity index (χ0) is 26.1. The number of hydrogen-bond donors (Lipinski definition) is 2. The summed E-state index contributed by atoms with van der Waals surface area (Å²) in [5.74, 6) is -1.96. The van der Waals surface area contributed by atoms with Crippen LogP contribution in [0.5, 0.6) is 0 Å². The SMILES string of the molecule is Cc1cc(C(F)(F)F)n2nc(C(=O)Nc3c(C(N)=O)sc4nc(C(F)F)cc(C5CC5)c34)c(Br)c2n1. The number of primary amides is 1. The Hall–Kier alpha value is -3.20. The van der Waals surface area contributed by atoms with Gasteiger partial charge in [-0.05, 0) is 59.3 Å². The zero-order valence-corrected chi connectivity index (χ0v) is 20.5. The fraction of sp³-hybridized carbons (Fsp3) is 0.286. The summed E-state index contributed by atoms with van der Waals surface area (Å²) in [6.45, 7) is 1.37. The van der Waals surface area contributed by atoms with E-state index in [4.69, 9.17) is 5.73 Å². The van der Waals surface area contributed by atoms with Crippen LogP contribution in [0.15, 0.2) is 16.6 Å². The fourth-order valence-electron chi connectivity index (χ4n) is 3.90. The minimum atomic E-state index is -4.78. The summed E-state index contributed by atoms with van der Waals surface area (Å²) in [6, 6.07) is 2.03. The second kappa shape index (κ2) is 8.44. The number of carbonyl (C=O) groups excluding carboxylic acids is 2. The molecule has 36 heavy (non-hydrogen) atoms. The monoisotopic (exact) mass is 588 g/mol. The number of pyridine rings is 1. The van der Waals surface area contributed by atoms with Crippen molar-refractivity contribution in [1.29, 1.82) is 0 Å². The lowest BCUT2D eigenvalue weighted by atomic mass is 10.0. The van der Waals surface area contributed by atoms with Gasteiger partial charge in [-0.15, -0.1) is 11.3 Å². The van der Waals surface area contributed by atoms with Crippen LogP contribution in [0.3, 0.4) is 0 Å². The molecule has 4 heterocycles.